The van der Waals surface area contributed by atoms with Gasteiger partial charge in [0.2, 0.25) is 0 Å². The summed E-state index contributed by atoms with van der Waals surface area (Å²) < 4.78 is 40.0. The van der Waals surface area contributed by atoms with Crippen molar-refractivity contribution in [3.8, 4) is 0 Å². The summed E-state index contributed by atoms with van der Waals surface area (Å²) in [6, 6.07) is 7.13. The van der Waals surface area contributed by atoms with Crippen LogP contribution in [0.5, 0.6) is 0 Å². The van der Waals surface area contributed by atoms with Gasteiger partial charge in [0.05, 0.1) is 6.04 Å². The van der Waals surface area contributed by atoms with E-state index in [1.54, 1.807) is 0 Å². The maximum Gasteiger partial charge on any atom is 0.159 e. The largest absolute Gasteiger partial charge is 0.306 e. The summed E-state index contributed by atoms with van der Waals surface area (Å²) in [6.07, 6.45) is 0.840. The Kier molecular flexibility index (Phi) is 5.26. The molecule has 0 bridgehead atoms. The van der Waals surface area contributed by atoms with Gasteiger partial charge in [-0.25, -0.2) is 13.2 Å². The van der Waals surface area contributed by atoms with Crippen LogP contribution in [0.1, 0.15) is 30.5 Å². The summed E-state index contributed by atoms with van der Waals surface area (Å²) in [5.41, 5.74) is 0.992. The fourth-order valence-corrected chi connectivity index (χ4v) is 2.35. The fraction of sp³-hybridized carbons (Fsp3) is 0.250. The molecule has 0 aliphatic rings. The van der Waals surface area contributed by atoms with Crippen molar-refractivity contribution >= 4 is 11.6 Å². The van der Waals surface area contributed by atoms with Crippen LogP contribution in [0.25, 0.3) is 0 Å². The average Bonchev–Trinajstić information content (AvgIpc) is 2.46. The van der Waals surface area contributed by atoms with Gasteiger partial charge in [-0.3, -0.25) is 0 Å². The Morgan fingerprint density at radius 1 is 1.05 bits per heavy atom. The number of halogens is 4. The van der Waals surface area contributed by atoms with Gasteiger partial charge in [-0.05, 0) is 54.4 Å². The van der Waals surface area contributed by atoms with Gasteiger partial charge in [-0.1, -0.05) is 24.6 Å². The normalized spacial score (nSPS) is 12.4. The lowest BCUT2D eigenvalue weighted by molar-refractivity contribution is 0.503. The molecule has 1 unspecified atom stereocenters. The molecule has 0 heterocycles. The first-order valence-electron chi connectivity index (χ1n) is 6.66. The van der Waals surface area contributed by atoms with Crippen LogP contribution in [0.3, 0.4) is 0 Å². The van der Waals surface area contributed by atoms with Crippen LogP contribution in [-0.2, 0) is 0 Å². The maximum atomic E-state index is 13.5. The lowest BCUT2D eigenvalue weighted by Crippen LogP contribution is -2.24. The smallest absolute Gasteiger partial charge is 0.159 e. The highest BCUT2D eigenvalue weighted by Gasteiger charge is 2.18. The zero-order valence-corrected chi connectivity index (χ0v) is 12.2. The molecular formula is C16H15ClF3N. The number of hydrogen-bond acceptors (Lipinski definition) is 1. The summed E-state index contributed by atoms with van der Waals surface area (Å²) in [6.45, 7) is 2.61. The van der Waals surface area contributed by atoms with E-state index in [4.69, 9.17) is 11.6 Å². The van der Waals surface area contributed by atoms with Crippen LogP contribution in [-0.4, -0.2) is 6.54 Å². The summed E-state index contributed by atoms with van der Waals surface area (Å²) in [4.78, 5) is 0. The van der Waals surface area contributed by atoms with E-state index in [9.17, 15) is 13.2 Å². The number of hydrogen-bond donors (Lipinski definition) is 1. The zero-order valence-electron chi connectivity index (χ0n) is 11.5. The summed E-state index contributed by atoms with van der Waals surface area (Å²) in [7, 11) is 0. The quantitative estimate of drug-likeness (QED) is 0.832. The van der Waals surface area contributed by atoms with Gasteiger partial charge in [-0.15, -0.1) is 0 Å². The van der Waals surface area contributed by atoms with Crippen molar-refractivity contribution in [3.63, 3.8) is 0 Å². The summed E-state index contributed by atoms with van der Waals surface area (Å²) >= 11 is 6.12. The highest BCUT2D eigenvalue weighted by atomic mass is 35.5. The van der Waals surface area contributed by atoms with E-state index in [0.717, 1.165) is 18.6 Å². The van der Waals surface area contributed by atoms with E-state index in [1.165, 1.54) is 24.3 Å². The Hall–Kier alpha value is -1.52. The van der Waals surface area contributed by atoms with E-state index >= 15 is 0 Å². The number of benzene rings is 2. The van der Waals surface area contributed by atoms with E-state index < -0.39 is 23.5 Å². The first-order valence-corrected chi connectivity index (χ1v) is 7.04. The van der Waals surface area contributed by atoms with E-state index in [-0.39, 0.29) is 0 Å². The predicted molar refractivity (Wildman–Crippen MR) is 77.9 cm³/mol. The van der Waals surface area contributed by atoms with Crippen molar-refractivity contribution in [3.05, 3.63) is 70.0 Å². The third-order valence-corrected chi connectivity index (χ3v) is 3.49. The molecule has 21 heavy (non-hydrogen) atoms. The van der Waals surface area contributed by atoms with Crippen molar-refractivity contribution in [1.29, 1.82) is 0 Å². The highest BCUT2D eigenvalue weighted by Crippen LogP contribution is 2.29. The molecule has 0 aliphatic carbocycles. The molecule has 112 valence electrons. The van der Waals surface area contributed by atoms with Crippen LogP contribution in [0, 0.1) is 17.5 Å². The molecule has 2 rings (SSSR count). The van der Waals surface area contributed by atoms with Crippen LogP contribution < -0.4 is 5.32 Å². The van der Waals surface area contributed by atoms with E-state index in [1.807, 2.05) is 6.92 Å². The first kappa shape index (κ1) is 15.9. The van der Waals surface area contributed by atoms with Crippen molar-refractivity contribution in [2.45, 2.75) is 19.4 Å². The molecule has 1 atom stereocenters. The van der Waals surface area contributed by atoms with E-state index in [2.05, 4.69) is 5.32 Å². The molecule has 1 N–H and O–H groups in total. The predicted octanol–water partition coefficient (Wildman–Crippen LogP) is 4.85. The molecule has 1 nitrogen and oxygen atoms in total. The van der Waals surface area contributed by atoms with Crippen molar-refractivity contribution in [2.75, 3.05) is 6.54 Å². The van der Waals surface area contributed by atoms with E-state index in [0.29, 0.717) is 22.7 Å². The molecule has 0 amide bonds. The van der Waals surface area contributed by atoms with Gasteiger partial charge in [0.25, 0.3) is 0 Å². The maximum absolute atomic E-state index is 13.5. The lowest BCUT2D eigenvalue weighted by atomic mass is 9.98. The Bertz CT molecular complexity index is 631. The van der Waals surface area contributed by atoms with Gasteiger partial charge in [-0.2, -0.15) is 0 Å². The second-order valence-corrected chi connectivity index (χ2v) is 5.13. The Labute approximate surface area is 126 Å². The molecule has 5 heteroatoms. The third kappa shape index (κ3) is 3.77. The second-order valence-electron chi connectivity index (χ2n) is 4.73. The molecule has 0 radical (unpaired) electrons. The van der Waals surface area contributed by atoms with Crippen molar-refractivity contribution < 1.29 is 13.2 Å². The first-order chi connectivity index (χ1) is 10.0. The van der Waals surface area contributed by atoms with Gasteiger partial charge in [0, 0.05) is 5.02 Å². The standard InChI is InChI=1S/C16H15ClF3N/c1-2-7-21-16(10-3-6-14(19)15(20)8-10)12-9-11(18)4-5-13(12)17/h3-6,8-9,16,21H,2,7H2,1H3. The Morgan fingerprint density at radius 2 is 1.81 bits per heavy atom. The molecule has 0 saturated heterocycles. The number of nitrogens with one attached hydrogen (secondary N) is 1. The van der Waals surface area contributed by atoms with Gasteiger partial charge in [0.1, 0.15) is 5.82 Å². The monoisotopic (exact) mass is 313 g/mol. The average molecular weight is 314 g/mol. The Balaban J connectivity index is 2.46. The lowest BCUT2D eigenvalue weighted by Gasteiger charge is -2.21. The molecule has 0 fully saturated rings. The summed E-state index contributed by atoms with van der Waals surface area (Å²) in [5, 5.41) is 3.55. The Morgan fingerprint density at radius 3 is 2.48 bits per heavy atom. The van der Waals surface area contributed by atoms with Crippen LogP contribution in [0.2, 0.25) is 5.02 Å². The molecule has 2 aromatic rings. The molecule has 2 aromatic carbocycles. The minimum Gasteiger partial charge on any atom is -0.306 e. The topological polar surface area (TPSA) is 12.0 Å². The second kappa shape index (κ2) is 6.96. The highest BCUT2D eigenvalue weighted by molar-refractivity contribution is 6.31. The van der Waals surface area contributed by atoms with Crippen LogP contribution in [0.4, 0.5) is 13.2 Å². The molecule has 0 saturated carbocycles. The molecular weight excluding hydrogens is 299 g/mol. The minimum atomic E-state index is -0.941. The minimum absolute atomic E-state index is 0.370. The fourth-order valence-electron chi connectivity index (χ4n) is 2.12. The van der Waals surface area contributed by atoms with Gasteiger partial charge < -0.3 is 5.32 Å². The molecule has 0 aliphatic heterocycles. The van der Waals surface area contributed by atoms with Crippen LogP contribution in [0.15, 0.2) is 36.4 Å². The van der Waals surface area contributed by atoms with Crippen molar-refractivity contribution in [2.24, 2.45) is 0 Å². The molecule has 0 spiro atoms. The number of rotatable bonds is 5. The van der Waals surface area contributed by atoms with Crippen molar-refractivity contribution in [1.82, 2.24) is 5.32 Å². The molecule has 0 aromatic heterocycles. The zero-order chi connectivity index (χ0) is 15.4. The SMILES string of the molecule is CCCNC(c1ccc(F)c(F)c1)c1cc(F)ccc1Cl. The third-order valence-electron chi connectivity index (χ3n) is 3.14. The van der Waals surface area contributed by atoms with Gasteiger partial charge >= 0.3 is 0 Å². The summed E-state index contributed by atoms with van der Waals surface area (Å²) in [5.74, 6) is -2.29. The van der Waals surface area contributed by atoms with Crippen LogP contribution >= 0.6 is 11.6 Å². The van der Waals surface area contributed by atoms with Gasteiger partial charge in [0.15, 0.2) is 11.6 Å².